The average Bonchev–Trinajstić information content (AvgIpc) is 2.66. The molecule has 0 unspecified atom stereocenters. The van der Waals surface area contributed by atoms with E-state index in [1.165, 1.54) is 7.11 Å². The zero-order chi connectivity index (χ0) is 20.9. The Hall–Kier alpha value is -2.48. The predicted molar refractivity (Wildman–Crippen MR) is 109 cm³/mol. The quantitative estimate of drug-likeness (QED) is 0.681. The maximum absolute atomic E-state index is 11.7. The Morgan fingerprint density at radius 1 is 1.34 bits per heavy atom. The first kappa shape index (κ1) is 21.2. The van der Waals surface area contributed by atoms with E-state index in [4.69, 9.17) is 31.5 Å². The lowest BCUT2D eigenvalue weighted by Gasteiger charge is -2.42. The number of carbonyl (C=O) groups is 1. The third-order valence-electron chi connectivity index (χ3n) is 4.77. The van der Waals surface area contributed by atoms with Crippen molar-refractivity contribution in [2.45, 2.75) is 18.6 Å². The van der Waals surface area contributed by atoms with Gasteiger partial charge < -0.3 is 25.1 Å². The highest BCUT2D eigenvalue weighted by Gasteiger charge is 2.39. The van der Waals surface area contributed by atoms with E-state index in [1.807, 2.05) is 6.07 Å². The summed E-state index contributed by atoms with van der Waals surface area (Å²) in [6.45, 7) is 2.33. The van der Waals surface area contributed by atoms with E-state index in [0.717, 1.165) is 5.56 Å². The molecule has 3 N–H and O–H groups in total. The van der Waals surface area contributed by atoms with Crippen LogP contribution >= 0.6 is 11.6 Å². The molecular formula is C21H25ClN2O5. The normalized spacial score (nSPS) is 19.7. The number of methoxy groups -OCH3 is 1. The maximum Gasteiger partial charge on any atom is 0.220 e. The van der Waals surface area contributed by atoms with Crippen LogP contribution < -0.4 is 15.2 Å². The molecule has 1 heterocycles. The van der Waals surface area contributed by atoms with Gasteiger partial charge in [-0.15, -0.1) is 0 Å². The van der Waals surface area contributed by atoms with Crippen molar-refractivity contribution in [3.05, 3.63) is 53.1 Å². The number of rotatable bonds is 8. The Morgan fingerprint density at radius 3 is 2.86 bits per heavy atom. The Kier molecular flexibility index (Phi) is 6.84. The third kappa shape index (κ3) is 5.76. The minimum atomic E-state index is -0.860. The number of hydrogen-bond donors (Lipinski definition) is 2. The minimum Gasteiger partial charge on any atom is -0.504 e. The van der Waals surface area contributed by atoms with Crippen molar-refractivity contribution in [2.75, 3.05) is 33.4 Å². The topological polar surface area (TPSA) is 94.3 Å². The second-order valence-corrected chi connectivity index (χ2v) is 7.57. The molecule has 0 spiro atoms. The van der Waals surface area contributed by atoms with Crippen LogP contribution in [0.4, 0.5) is 0 Å². The van der Waals surface area contributed by atoms with Crippen LogP contribution in [-0.4, -0.2) is 54.9 Å². The van der Waals surface area contributed by atoms with E-state index in [1.54, 1.807) is 36.4 Å². The summed E-state index contributed by atoms with van der Waals surface area (Å²) in [7, 11) is 1.51. The van der Waals surface area contributed by atoms with E-state index in [-0.39, 0.29) is 18.8 Å². The number of nitrogens with zero attached hydrogens (tertiary/aromatic N) is 1. The summed E-state index contributed by atoms with van der Waals surface area (Å²) in [4.78, 5) is 13.9. The molecule has 1 aliphatic rings. The Morgan fingerprint density at radius 2 is 2.17 bits per heavy atom. The van der Waals surface area contributed by atoms with Crippen LogP contribution in [0.3, 0.4) is 0 Å². The van der Waals surface area contributed by atoms with Crippen molar-refractivity contribution in [2.24, 2.45) is 5.73 Å². The number of primary amides is 1. The summed E-state index contributed by atoms with van der Waals surface area (Å²) in [5, 5.41) is 10.6. The van der Waals surface area contributed by atoms with Crippen molar-refractivity contribution >= 4 is 17.5 Å². The van der Waals surface area contributed by atoms with Crippen LogP contribution in [0, 0.1) is 0 Å². The fourth-order valence-corrected chi connectivity index (χ4v) is 3.67. The molecule has 0 aromatic heterocycles. The van der Waals surface area contributed by atoms with E-state index in [0.29, 0.717) is 42.8 Å². The van der Waals surface area contributed by atoms with Gasteiger partial charge in [0.25, 0.3) is 0 Å². The van der Waals surface area contributed by atoms with Gasteiger partial charge in [-0.05, 0) is 35.9 Å². The third-order valence-corrected chi connectivity index (χ3v) is 5.01. The molecule has 3 rings (SSSR count). The van der Waals surface area contributed by atoms with Crippen LogP contribution in [0.25, 0.3) is 0 Å². The van der Waals surface area contributed by atoms with Gasteiger partial charge in [-0.1, -0.05) is 23.7 Å². The number of carbonyl (C=O) groups excluding carboxylic acids is 1. The molecule has 0 aliphatic carbocycles. The standard InChI is InChI=1S/C21H25ClN2O5/c1-27-19-6-5-15(9-18(19)25)12-24-7-8-29-21(13-24,11-20(23)26)14-28-17-4-2-3-16(22)10-17/h2-6,9-10,25H,7-8,11-14H2,1H3,(H2,23,26)/t21-/m0/s1. The van der Waals surface area contributed by atoms with Gasteiger partial charge in [-0.3, -0.25) is 9.69 Å². The lowest BCUT2D eigenvalue weighted by atomic mass is 9.97. The monoisotopic (exact) mass is 420 g/mol. The van der Waals surface area contributed by atoms with Crippen LogP contribution in [0.2, 0.25) is 5.02 Å². The Balaban J connectivity index is 1.71. The van der Waals surface area contributed by atoms with Crippen LogP contribution in [-0.2, 0) is 16.1 Å². The summed E-state index contributed by atoms with van der Waals surface area (Å²) in [5.41, 5.74) is 5.56. The van der Waals surface area contributed by atoms with Crippen LogP contribution in [0.15, 0.2) is 42.5 Å². The number of hydrogen-bond acceptors (Lipinski definition) is 6. The average molecular weight is 421 g/mol. The highest BCUT2D eigenvalue weighted by atomic mass is 35.5. The Labute approximate surface area is 174 Å². The van der Waals surface area contributed by atoms with Gasteiger partial charge in [0.05, 0.1) is 20.1 Å². The van der Waals surface area contributed by atoms with E-state index in [9.17, 15) is 9.90 Å². The fraction of sp³-hybridized carbons (Fsp3) is 0.381. The molecule has 2 aromatic carbocycles. The van der Waals surface area contributed by atoms with Crippen molar-refractivity contribution in [3.63, 3.8) is 0 Å². The van der Waals surface area contributed by atoms with Crippen LogP contribution in [0.5, 0.6) is 17.2 Å². The second kappa shape index (κ2) is 9.35. The van der Waals surface area contributed by atoms with Gasteiger partial charge in [0.1, 0.15) is 18.0 Å². The minimum absolute atomic E-state index is 0.0396. The summed E-state index contributed by atoms with van der Waals surface area (Å²) in [6, 6.07) is 12.4. The van der Waals surface area contributed by atoms with E-state index in [2.05, 4.69) is 4.90 Å². The van der Waals surface area contributed by atoms with E-state index >= 15 is 0 Å². The number of phenolic OH excluding ortho intramolecular Hbond substituents is 1. The molecule has 0 bridgehead atoms. The number of nitrogens with two attached hydrogens (primary N) is 1. The highest BCUT2D eigenvalue weighted by molar-refractivity contribution is 6.30. The number of amides is 1. The molecule has 1 atom stereocenters. The second-order valence-electron chi connectivity index (χ2n) is 7.14. The number of benzene rings is 2. The van der Waals surface area contributed by atoms with Gasteiger partial charge in [0.2, 0.25) is 5.91 Å². The van der Waals surface area contributed by atoms with Crippen molar-refractivity contribution in [1.82, 2.24) is 4.90 Å². The molecule has 29 heavy (non-hydrogen) atoms. The number of morpholine rings is 1. The van der Waals surface area contributed by atoms with Gasteiger partial charge in [-0.25, -0.2) is 0 Å². The SMILES string of the molecule is COc1ccc(CN2CCO[C@@](COc3cccc(Cl)c3)(CC(N)=O)C2)cc1O. The van der Waals surface area contributed by atoms with Gasteiger partial charge in [-0.2, -0.15) is 0 Å². The number of ether oxygens (including phenoxy) is 3. The molecule has 8 heteroatoms. The first-order chi connectivity index (χ1) is 13.9. The van der Waals surface area contributed by atoms with Gasteiger partial charge in [0.15, 0.2) is 11.5 Å². The summed E-state index contributed by atoms with van der Waals surface area (Å²) >= 11 is 6.01. The summed E-state index contributed by atoms with van der Waals surface area (Å²) in [5.74, 6) is 0.658. The zero-order valence-electron chi connectivity index (χ0n) is 16.3. The number of aromatic hydroxyl groups is 1. The van der Waals surface area contributed by atoms with Crippen molar-refractivity contribution < 1.29 is 24.1 Å². The lowest BCUT2D eigenvalue weighted by molar-refractivity contribution is -0.148. The molecule has 7 nitrogen and oxygen atoms in total. The largest absolute Gasteiger partial charge is 0.504 e. The van der Waals surface area contributed by atoms with Gasteiger partial charge in [0, 0.05) is 24.7 Å². The molecule has 1 amide bonds. The van der Waals surface area contributed by atoms with Crippen molar-refractivity contribution in [1.29, 1.82) is 0 Å². The molecule has 0 radical (unpaired) electrons. The fourth-order valence-electron chi connectivity index (χ4n) is 3.48. The van der Waals surface area contributed by atoms with Crippen LogP contribution in [0.1, 0.15) is 12.0 Å². The molecule has 1 saturated heterocycles. The van der Waals surface area contributed by atoms with Crippen molar-refractivity contribution in [3.8, 4) is 17.2 Å². The molecular weight excluding hydrogens is 396 g/mol. The molecule has 156 valence electrons. The first-order valence-corrected chi connectivity index (χ1v) is 9.66. The molecule has 2 aromatic rings. The summed E-state index contributed by atoms with van der Waals surface area (Å²) < 4.78 is 17.0. The highest BCUT2D eigenvalue weighted by Crippen LogP contribution is 2.29. The Bertz CT molecular complexity index is 863. The molecule has 1 aliphatic heterocycles. The predicted octanol–water partition coefficient (Wildman–Crippen LogP) is 2.58. The number of halogens is 1. The number of phenols is 1. The molecule has 0 saturated carbocycles. The van der Waals surface area contributed by atoms with Gasteiger partial charge >= 0.3 is 0 Å². The maximum atomic E-state index is 11.7. The summed E-state index contributed by atoms with van der Waals surface area (Å²) in [6.07, 6.45) is 0.0396. The smallest absolute Gasteiger partial charge is 0.220 e. The molecule has 1 fully saturated rings. The zero-order valence-corrected chi connectivity index (χ0v) is 17.0. The first-order valence-electron chi connectivity index (χ1n) is 9.28. The lowest BCUT2D eigenvalue weighted by Crippen LogP contribution is -2.56. The van der Waals surface area contributed by atoms with E-state index < -0.39 is 11.5 Å².